The van der Waals surface area contributed by atoms with Crippen LogP contribution in [0.4, 0.5) is 4.79 Å². The van der Waals surface area contributed by atoms with Gasteiger partial charge in [0.2, 0.25) is 5.76 Å². The number of hydrogen-bond donors (Lipinski definition) is 6. The molecule has 3 aliphatic rings. The standard InChI is InChI=1S/C46H75NO14/c1-13-16-34-28(7)37(58-38-22-33(48)43(31(10)57-38)60-45(47)53)23-46(54,61-34)30(9)41(51)29(8)42-35(55-11)18-15-17-24(3)19-26(5)39(49)32(14-2)40(50)27(6)20-25(4)21-36(56-12)44(52)59-42/h13,15-18,20-21,26-35,37-43,48-51,54H,14,19,22-23H2,1-12H3,(H2,47,53)/b16-13+,18-15?,24-17+,25-20+,36-21-/t26?,27-,28+,29?,30+,31-,32+,33-,34+,35+,37+,38+,39+,40-,41?,42-,43-,46+/m0/s1. The number of nitrogens with two attached hydrogens (primary N) is 1. The zero-order valence-electron chi connectivity index (χ0n) is 38.2. The van der Waals surface area contributed by atoms with Crippen LogP contribution in [0.15, 0.2) is 59.4 Å². The molecule has 0 saturated carbocycles. The Morgan fingerprint density at radius 3 is 2.34 bits per heavy atom. The van der Waals surface area contributed by atoms with Crippen molar-refractivity contribution in [2.75, 3.05) is 14.2 Å². The van der Waals surface area contributed by atoms with Crippen molar-refractivity contribution in [2.45, 2.75) is 168 Å². The van der Waals surface area contributed by atoms with Gasteiger partial charge in [0.15, 0.2) is 18.2 Å². The molecule has 348 valence electrons. The number of hydrogen-bond acceptors (Lipinski definition) is 14. The quantitative estimate of drug-likeness (QED) is 0.119. The van der Waals surface area contributed by atoms with Crippen LogP contribution in [0.3, 0.4) is 0 Å². The Kier molecular flexibility index (Phi) is 20.1. The lowest BCUT2D eigenvalue weighted by atomic mass is 9.77. The van der Waals surface area contributed by atoms with E-state index in [2.05, 4.69) is 0 Å². The lowest BCUT2D eigenvalue weighted by Crippen LogP contribution is -2.59. The van der Waals surface area contributed by atoms with Crippen molar-refractivity contribution in [1.29, 1.82) is 0 Å². The maximum atomic E-state index is 13.9. The molecular weight excluding hydrogens is 790 g/mol. The SMILES string of the molecule is C/C=C/[C@H]1O[C@@](O)([C@H](C)C(O)C(C)[C@@H]2OC(=O)/C(OC)=C/C(C)=C/[C@H](C)[C@H](O)[C@H](CC)[C@H](O)C(C)C/C(C)=C/C=C[C@H]2OC)C[C@@H](O[C@@H]2C[C@H](O)[C@@H](OC(N)=O)[C@H](C)O2)[C@@H]1C. The molecular formula is C46H75NO14. The van der Waals surface area contributed by atoms with Crippen molar-refractivity contribution < 1.29 is 68.3 Å². The minimum Gasteiger partial charge on any atom is -0.490 e. The van der Waals surface area contributed by atoms with E-state index in [1.807, 2.05) is 53.7 Å². The third-order valence-corrected chi connectivity index (χ3v) is 12.8. The molecule has 3 unspecified atom stereocenters. The van der Waals surface area contributed by atoms with E-state index in [0.29, 0.717) is 18.4 Å². The molecule has 0 aliphatic carbocycles. The molecule has 0 bridgehead atoms. The monoisotopic (exact) mass is 866 g/mol. The summed E-state index contributed by atoms with van der Waals surface area (Å²) in [6.45, 7) is 18.2. The Balaban J connectivity index is 2.00. The predicted octanol–water partition coefficient (Wildman–Crippen LogP) is 4.98. The van der Waals surface area contributed by atoms with Crippen molar-refractivity contribution in [2.24, 2.45) is 41.2 Å². The number of aliphatic hydroxyl groups is 5. The number of amides is 1. The number of methoxy groups -OCH3 is 2. The first-order valence-electron chi connectivity index (χ1n) is 21.7. The number of cyclic esters (lactones) is 1. The molecule has 1 amide bonds. The number of carbonyl (C=O) groups excluding carboxylic acids is 2. The van der Waals surface area contributed by atoms with Crippen molar-refractivity contribution >= 4 is 12.1 Å². The maximum absolute atomic E-state index is 13.9. The molecule has 15 heteroatoms. The zero-order valence-corrected chi connectivity index (χ0v) is 38.2. The van der Waals surface area contributed by atoms with Gasteiger partial charge in [-0.25, -0.2) is 9.59 Å². The highest BCUT2D eigenvalue weighted by Gasteiger charge is 2.52. The summed E-state index contributed by atoms with van der Waals surface area (Å²) in [5, 5.41) is 58.0. The fraction of sp³-hybridized carbons (Fsp3) is 0.739. The molecule has 3 aliphatic heterocycles. The van der Waals surface area contributed by atoms with Gasteiger partial charge in [-0.1, -0.05) is 89.1 Å². The van der Waals surface area contributed by atoms with E-state index < -0.39 is 97.0 Å². The molecule has 2 fully saturated rings. The molecule has 0 aromatic carbocycles. The summed E-state index contributed by atoms with van der Waals surface area (Å²) < 4.78 is 41.4. The van der Waals surface area contributed by atoms with E-state index >= 15 is 0 Å². The second kappa shape index (κ2) is 23.5. The lowest BCUT2D eigenvalue weighted by molar-refractivity contribution is -0.338. The predicted molar refractivity (Wildman–Crippen MR) is 228 cm³/mol. The number of primary amides is 1. The highest BCUT2D eigenvalue weighted by Crippen LogP contribution is 2.42. The summed E-state index contributed by atoms with van der Waals surface area (Å²) in [4.78, 5) is 25.4. The molecule has 0 aromatic rings. The van der Waals surface area contributed by atoms with Crippen LogP contribution >= 0.6 is 0 Å². The van der Waals surface area contributed by atoms with Gasteiger partial charge in [-0.15, -0.1) is 0 Å². The maximum Gasteiger partial charge on any atom is 0.404 e. The van der Waals surface area contributed by atoms with Gasteiger partial charge in [0, 0.05) is 49.5 Å². The van der Waals surface area contributed by atoms with Crippen LogP contribution in [-0.4, -0.2) is 125 Å². The number of esters is 1. The van der Waals surface area contributed by atoms with Crippen molar-refractivity contribution in [1.82, 2.24) is 0 Å². The molecule has 3 heterocycles. The summed E-state index contributed by atoms with van der Waals surface area (Å²) in [6.07, 6.45) is 2.20. The Morgan fingerprint density at radius 2 is 1.77 bits per heavy atom. The van der Waals surface area contributed by atoms with Crippen LogP contribution in [0.1, 0.15) is 94.9 Å². The highest BCUT2D eigenvalue weighted by atomic mass is 16.7. The molecule has 0 spiro atoms. The Labute approximate surface area is 362 Å². The van der Waals surface area contributed by atoms with E-state index in [0.717, 1.165) is 5.57 Å². The summed E-state index contributed by atoms with van der Waals surface area (Å²) in [5.41, 5.74) is 6.78. The number of rotatable bonds is 11. The average Bonchev–Trinajstić information content (AvgIpc) is 3.19. The van der Waals surface area contributed by atoms with E-state index in [1.165, 1.54) is 20.3 Å². The third kappa shape index (κ3) is 13.7. The molecule has 0 aromatic heterocycles. The molecule has 0 radical (unpaired) electrons. The molecule has 3 rings (SSSR count). The van der Waals surface area contributed by atoms with Gasteiger partial charge in [0.1, 0.15) is 12.2 Å². The van der Waals surface area contributed by atoms with Crippen LogP contribution < -0.4 is 5.73 Å². The second-order valence-corrected chi connectivity index (χ2v) is 17.5. The van der Waals surface area contributed by atoms with Crippen LogP contribution in [0, 0.1) is 35.5 Å². The molecule has 61 heavy (non-hydrogen) atoms. The highest BCUT2D eigenvalue weighted by molar-refractivity contribution is 5.87. The zero-order chi connectivity index (χ0) is 45.9. The van der Waals surface area contributed by atoms with Crippen LogP contribution in [0.2, 0.25) is 0 Å². The molecule has 15 nitrogen and oxygen atoms in total. The first-order chi connectivity index (χ1) is 28.6. The fourth-order valence-electron chi connectivity index (χ4n) is 8.94. The number of aliphatic hydroxyl groups excluding tert-OH is 4. The number of allylic oxidation sites excluding steroid dienone is 6. The molecule has 7 N–H and O–H groups in total. The summed E-state index contributed by atoms with van der Waals surface area (Å²) >= 11 is 0. The average molecular weight is 866 g/mol. The Hall–Kier alpha value is -3.12. The van der Waals surface area contributed by atoms with Gasteiger partial charge in [-0.3, -0.25) is 0 Å². The van der Waals surface area contributed by atoms with Crippen LogP contribution in [-0.2, 0) is 38.0 Å². The summed E-state index contributed by atoms with van der Waals surface area (Å²) in [6, 6.07) is 0. The smallest absolute Gasteiger partial charge is 0.404 e. The Morgan fingerprint density at radius 1 is 1.10 bits per heavy atom. The Bertz CT molecular complexity index is 1570. The van der Waals surface area contributed by atoms with Gasteiger partial charge in [-0.05, 0) is 52.5 Å². The van der Waals surface area contributed by atoms with Gasteiger partial charge in [0.25, 0.3) is 0 Å². The van der Waals surface area contributed by atoms with Crippen molar-refractivity contribution in [3.8, 4) is 0 Å². The number of carbonyl (C=O) groups is 2. The van der Waals surface area contributed by atoms with Gasteiger partial charge in [-0.2, -0.15) is 0 Å². The minimum atomic E-state index is -1.97. The first-order valence-corrected chi connectivity index (χ1v) is 21.7. The van der Waals surface area contributed by atoms with Crippen molar-refractivity contribution in [3.63, 3.8) is 0 Å². The number of ether oxygens (including phenoxy) is 7. The van der Waals surface area contributed by atoms with Gasteiger partial charge >= 0.3 is 12.1 Å². The minimum absolute atomic E-state index is 0.0313. The second-order valence-electron chi connectivity index (χ2n) is 17.5. The third-order valence-electron chi connectivity index (χ3n) is 12.8. The molecule has 18 atom stereocenters. The van der Waals surface area contributed by atoms with E-state index in [4.69, 9.17) is 38.9 Å². The summed E-state index contributed by atoms with van der Waals surface area (Å²) in [7, 11) is 2.81. The topological polar surface area (TPSA) is 226 Å². The summed E-state index contributed by atoms with van der Waals surface area (Å²) in [5.74, 6) is -6.00. The fourth-order valence-corrected chi connectivity index (χ4v) is 8.94. The molecule has 2 saturated heterocycles. The van der Waals surface area contributed by atoms with Crippen LogP contribution in [0.5, 0.6) is 0 Å². The van der Waals surface area contributed by atoms with E-state index in [9.17, 15) is 35.1 Å². The largest absolute Gasteiger partial charge is 0.490 e. The first kappa shape index (κ1) is 52.2. The van der Waals surface area contributed by atoms with Gasteiger partial charge < -0.3 is 64.4 Å². The van der Waals surface area contributed by atoms with Crippen molar-refractivity contribution in [3.05, 3.63) is 59.4 Å². The normalized spacial score (nSPS) is 41.7. The van der Waals surface area contributed by atoms with Gasteiger partial charge in [0.05, 0.1) is 49.8 Å². The van der Waals surface area contributed by atoms with E-state index in [-0.39, 0.29) is 42.3 Å². The lowest BCUT2D eigenvalue weighted by Gasteiger charge is -2.49. The van der Waals surface area contributed by atoms with E-state index in [1.54, 1.807) is 52.0 Å². The van der Waals surface area contributed by atoms with Crippen LogP contribution in [0.25, 0.3) is 0 Å².